The molecule has 0 radical (unpaired) electrons. The van der Waals surface area contributed by atoms with Gasteiger partial charge in [0.2, 0.25) is 0 Å². The van der Waals surface area contributed by atoms with Gasteiger partial charge in [0.05, 0.1) is 5.25 Å². The Balaban J connectivity index is 2.23. The number of aryl methyl sites for hydroxylation is 1. The van der Waals surface area contributed by atoms with Gasteiger partial charge in [-0.25, -0.2) is 8.42 Å². The van der Waals surface area contributed by atoms with Crippen molar-refractivity contribution >= 4 is 9.84 Å². The Morgan fingerprint density at radius 2 is 1.78 bits per heavy atom. The second-order valence-corrected chi connectivity index (χ2v) is 7.33. The predicted octanol–water partition coefficient (Wildman–Crippen LogP) is 1.76. The van der Waals surface area contributed by atoms with Gasteiger partial charge in [0, 0.05) is 24.2 Å². The van der Waals surface area contributed by atoms with Gasteiger partial charge in [0.15, 0.2) is 9.84 Å². The second kappa shape index (κ2) is 5.02. The molecule has 1 aliphatic rings. The van der Waals surface area contributed by atoms with Crippen LogP contribution in [0.25, 0.3) is 0 Å². The van der Waals surface area contributed by atoms with Gasteiger partial charge in [-0.2, -0.15) is 0 Å². The number of sulfone groups is 1. The molecule has 2 rings (SSSR count). The van der Waals surface area contributed by atoms with Crippen LogP contribution in [0.3, 0.4) is 0 Å². The first-order valence-electron chi connectivity index (χ1n) is 6.46. The Labute approximate surface area is 109 Å². The number of rotatable bonds is 5. The van der Waals surface area contributed by atoms with Gasteiger partial charge in [-0.1, -0.05) is 38.1 Å². The van der Waals surface area contributed by atoms with Crippen LogP contribution in [-0.2, 0) is 16.3 Å². The maximum Gasteiger partial charge on any atom is 0.153 e. The molecule has 0 amide bonds. The van der Waals surface area contributed by atoms with Crippen LogP contribution < -0.4 is 0 Å². The molecule has 0 aliphatic heterocycles. The van der Waals surface area contributed by atoms with E-state index in [1.54, 1.807) is 6.92 Å². The van der Waals surface area contributed by atoms with E-state index in [0.29, 0.717) is 0 Å². The summed E-state index contributed by atoms with van der Waals surface area (Å²) in [5.74, 6) is 0.00540. The zero-order chi connectivity index (χ0) is 13.3. The minimum atomic E-state index is -3.06. The normalized spacial score (nSPS) is 27.2. The minimum Gasteiger partial charge on any atom is -0.396 e. The minimum absolute atomic E-state index is 0.0224. The molecule has 4 heteroatoms. The zero-order valence-corrected chi connectivity index (χ0v) is 11.7. The van der Waals surface area contributed by atoms with Crippen LogP contribution in [0.4, 0.5) is 0 Å². The molecule has 1 aromatic carbocycles. The summed E-state index contributed by atoms with van der Waals surface area (Å²) in [6.45, 7) is 3.70. The smallest absolute Gasteiger partial charge is 0.153 e. The van der Waals surface area contributed by atoms with Gasteiger partial charge < -0.3 is 5.11 Å². The van der Waals surface area contributed by atoms with Gasteiger partial charge in [0.1, 0.15) is 0 Å². The molecule has 1 N–H and O–H groups in total. The molecule has 1 fully saturated rings. The Morgan fingerprint density at radius 1 is 1.17 bits per heavy atom. The van der Waals surface area contributed by atoms with E-state index in [0.717, 1.165) is 12.0 Å². The third-order valence-corrected chi connectivity index (χ3v) is 6.17. The molecule has 18 heavy (non-hydrogen) atoms. The molecule has 1 aliphatic carbocycles. The van der Waals surface area contributed by atoms with E-state index in [9.17, 15) is 13.5 Å². The number of benzene rings is 1. The van der Waals surface area contributed by atoms with Crippen LogP contribution >= 0.6 is 0 Å². The molecule has 3 nitrogen and oxygen atoms in total. The van der Waals surface area contributed by atoms with Crippen molar-refractivity contribution in [3.63, 3.8) is 0 Å². The lowest BCUT2D eigenvalue weighted by Gasteiger charge is -2.02. The van der Waals surface area contributed by atoms with Crippen molar-refractivity contribution in [2.24, 2.45) is 5.92 Å². The average molecular weight is 268 g/mol. The quantitative estimate of drug-likeness (QED) is 0.885. The summed E-state index contributed by atoms with van der Waals surface area (Å²) in [6.07, 6.45) is 0.977. The van der Waals surface area contributed by atoms with Crippen LogP contribution in [-0.4, -0.2) is 31.1 Å². The van der Waals surface area contributed by atoms with Gasteiger partial charge in [-0.3, -0.25) is 0 Å². The maximum atomic E-state index is 11.9. The largest absolute Gasteiger partial charge is 0.396 e. The van der Waals surface area contributed by atoms with E-state index in [2.05, 4.69) is 6.92 Å². The molecule has 0 heterocycles. The van der Waals surface area contributed by atoms with E-state index in [-0.39, 0.29) is 29.4 Å². The molecular formula is C14H20O3S. The molecular weight excluding hydrogens is 248 g/mol. The van der Waals surface area contributed by atoms with Gasteiger partial charge >= 0.3 is 0 Å². The zero-order valence-electron chi connectivity index (χ0n) is 10.8. The molecule has 3 unspecified atom stereocenters. The maximum absolute atomic E-state index is 11.9. The van der Waals surface area contributed by atoms with Crippen LogP contribution in [0.5, 0.6) is 0 Å². The van der Waals surface area contributed by atoms with Crippen molar-refractivity contribution in [1.29, 1.82) is 0 Å². The summed E-state index contributed by atoms with van der Waals surface area (Å²) in [5, 5.41) is 8.91. The van der Waals surface area contributed by atoms with Crippen molar-refractivity contribution < 1.29 is 13.5 Å². The first-order chi connectivity index (χ1) is 8.55. The molecule has 0 spiro atoms. The Kier molecular flexibility index (Phi) is 3.78. The fraction of sp³-hybridized carbons (Fsp3) is 0.571. The van der Waals surface area contributed by atoms with Crippen molar-refractivity contribution in [1.82, 2.24) is 0 Å². The first kappa shape index (κ1) is 13.6. The van der Waals surface area contributed by atoms with Gasteiger partial charge in [-0.05, 0) is 17.5 Å². The number of aliphatic hydroxyl groups is 1. The van der Waals surface area contributed by atoms with Crippen molar-refractivity contribution in [2.45, 2.75) is 31.4 Å². The van der Waals surface area contributed by atoms with Crippen molar-refractivity contribution in [3.8, 4) is 0 Å². The Hall–Kier alpha value is -0.870. The lowest BCUT2D eigenvalue weighted by molar-refractivity contribution is 0.274. The van der Waals surface area contributed by atoms with E-state index in [1.165, 1.54) is 5.56 Å². The standard InChI is InChI=1S/C14H20O3S/c1-3-10-5-7-11(8-6-10)13-12(9-15)14(13)18(16,17)4-2/h5-8,12-15H,3-4,9H2,1-2H3. The monoisotopic (exact) mass is 268 g/mol. The molecule has 3 atom stereocenters. The Morgan fingerprint density at radius 3 is 2.22 bits per heavy atom. The molecule has 0 bridgehead atoms. The van der Waals surface area contributed by atoms with E-state index >= 15 is 0 Å². The van der Waals surface area contributed by atoms with Crippen molar-refractivity contribution in [2.75, 3.05) is 12.4 Å². The van der Waals surface area contributed by atoms with Crippen molar-refractivity contribution in [3.05, 3.63) is 35.4 Å². The Bertz CT molecular complexity index is 504. The highest BCUT2D eigenvalue weighted by Gasteiger charge is 2.57. The van der Waals surface area contributed by atoms with Crippen LogP contribution in [0.1, 0.15) is 30.9 Å². The average Bonchev–Trinajstić information content (AvgIpc) is 3.14. The lowest BCUT2D eigenvalue weighted by Crippen LogP contribution is -2.13. The predicted molar refractivity (Wildman–Crippen MR) is 72.4 cm³/mol. The fourth-order valence-corrected chi connectivity index (χ4v) is 4.54. The van der Waals surface area contributed by atoms with Gasteiger partial charge in [-0.15, -0.1) is 0 Å². The first-order valence-corrected chi connectivity index (χ1v) is 8.18. The number of hydrogen-bond donors (Lipinski definition) is 1. The highest BCUT2D eigenvalue weighted by Crippen LogP contribution is 2.52. The summed E-state index contributed by atoms with van der Waals surface area (Å²) >= 11 is 0. The summed E-state index contributed by atoms with van der Waals surface area (Å²) in [4.78, 5) is 0. The summed E-state index contributed by atoms with van der Waals surface area (Å²) in [6, 6.07) is 8.07. The van der Waals surface area contributed by atoms with Crippen LogP contribution in [0.2, 0.25) is 0 Å². The molecule has 100 valence electrons. The molecule has 0 aromatic heterocycles. The summed E-state index contributed by atoms with van der Waals surface area (Å²) < 4.78 is 23.9. The van der Waals surface area contributed by atoms with E-state index in [1.807, 2.05) is 24.3 Å². The molecule has 0 saturated heterocycles. The third-order valence-electron chi connectivity index (χ3n) is 3.90. The third kappa shape index (κ3) is 2.31. The molecule has 1 aromatic rings. The highest BCUT2D eigenvalue weighted by molar-refractivity contribution is 7.92. The lowest BCUT2D eigenvalue weighted by atomic mass is 10.1. The number of aliphatic hydroxyl groups excluding tert-OH is 1. The second-order valence-electron chi connectivity index (χ2n) is 4.88. The molecule has 1 saturated carbocycles. The van der Waals surface area contributed by atoms with Crippen LogP contribution in [0, 0.1) is 5.92 Å². The summed E-state index contributed by atoms with van der Waals surface area (Å²) in [7, 11) is -3.06. The topological polar surface area (TPSA) is 54.4 Å². The van der Waals surface area contributed by atoms with E-state index in [4.69, 9.17) is 0 Å². The SMILES string of the molecule is CCc1ccc(C2C(CO)C2S(=O)(=O)CC)cc1. The van der Waals surface area contributed by atoms with E-state index < -0.39 is 9.84 Å². The fourth-order valence-electron chi connectivity index (χ4n) is 2.65. The highest BCUT2D eigenvalue weighted by atomic mass is 32.2. The number of hydrogen-bond acceptors (Lipinski definition) is 3. The van der Waals surface area contributed by atoms with Crippen LogP contribution in [0.15, 0.2) is 24.3 Å². The summed E-state index contributed by atoms with van der Waals surface area (Å²) in [5.41, 5.74) is 2.28. The van der Waals surface area contributed by atoms with Gasteiger partial charge in [0.25, 0.3) is 0 Å².